The summed E-state index contributed by atoms with van der Waals surface area (Å²) in [7, 11) is 0. The third-order valence-electron chi connectivity index (χ3n) is 4.68. The lowest BCUT2D eigenvalue weighted by atomic mass is 9.95. The van der Waals surface area contributed by atoms with E-state index in [4.69, 9.17) is 0 Å². The van der Waals surface area contributed by atoms with Gasteiger partial charge in [0.15, 0.2) is 5.65 Å². The lowest BCUT2D eigenvalue weighted by Crippen LogP contribution is -2.30. The van der Waals surface area contributed by atoms with Crippen LogP contribution in [0.1, 0.15) is 43.2 Å². The van der Waals surface area contributed by atoms with Gasteiger partial charge < -0.3 is 5.32 Å². The monoisotopic (exact) mass is 295 g/mol. The van der Waals surface area contributed by atoms with E-state index in [2.05, 4.69) is 52.0 Å². The summed E-state index contributed by atoms with van der Waals surface area (Å²) in [5.74, 6) is 0. The zero-order valence-corrected chi connectivity index (χ0v) is 12.9. The summed E-state index contributed by atoms with van der Waals surface area (Å²) in [6.45, 7) is 2.95. The summed E-state index contributed by atoms with van der Waals surface area (Å²) in [5.41, 5.74) is 4.35. The summed E-state index contributed by atoms with van der Waals surface area (Å²) >= 11 is 0. The summed E-state index contributed by atoms with van der Waals surface area (Å²) in [5, 5.41) is 17.1. The van der Waals surface area contributed by atoms with Crippen LogP contribution < -0.4 is 5.32 Å². The number of rotatable bonds is 3. The molecule has 22 heavy (non-hydrogen) atoms. The average Bonchev–Trinajstić information content (AvgIpc) is 3.03. The molecule has 1 N–H and O–H groups in total. The van der Waals surface area contributed by atoms with Gasteiger partial charge in [-0.2, -0.15) is 4.52 Å². The average molecular weight is 295 g/mol. The van der Waals surface area contributed by atoms with Crippen molar-refractivity contribution in [2.75, 3.05) is 0 Å². The minimum absolute atomic E-state index is 0.637. The molecule has 1 fully saturated rings. The number of nitrogens with one attached hydrogen (secondary N) is 1. The van der Waals surface area contributed by atoms with Crippen molar-refractivity contribution in [3.8, 4) is 0 Å². The third kappa shape index (κ3) is 2.46. The van der Waals surface area contributed by atoms with Crippen LogP contribution in [0.4, 0.5) is 0 Å². The largest absolute Gasteiger partial charge is 0.310 e. The molecule has 0 atom stereocenters. The van der Waals surface area contributed by atoms with Gasteiger partial charge in [0, 0.05) is 23.5 Å². The van der Waals surface area contributed by atoms with Gasteiger partial charge in [0.2, 0.25) is 0 Å². The van der Waals surface area contributed by atoms with Gasteiger partial charge in [-0.15, -0.1) is 5.10 Å². The first kappa shape index (κ1) is 13.6. The fraction of sp³-hybridized carbons (Fsp3) is 0.471. The van der Waals surface area contributed by atoms with Gasteiger partial charge in [-0.25, -0.2) is 0 Å². The van der Waals surface area contributed by atoms with Crippen LogP contribution in [0, 0.1) is 6.92 Å². The molecule has 5 heteroatoms. The van der Waals surface area contributed by atoms with Gasteiger partial charge in [-0.1, -0.05) is 30.9 Å². The molecule has 4 rings (SSSR count). The van der Waals surface area contributed by atoms with E-state index in [1.807, 2.05) is 4.52 Å². The highest BCUT2D eigenvalue weighted by molar-refractivity contribution is 5.83. The number of benzene rings is 1. The molecule has 0 spiro atoms. The van der Waals surface area contributed by atoms with E-state index in [0.29, 0.717) is 6.04 Å². The van der Waals surface area contributed by atoms with Crippen molar-refractivity contribution in [3.05, 3.63) is 35.4 Å². The lowest BCUT2D eigenvalue weighted by Gasteiger charge is -2.23. The SMILES string of the molecule is Cc1ccc2c(c1)cc(CNC1CCCCC1)c1nnnn12. The van der Waals surface area contributed by atoms with Gasteiger partial charge in [0.05, 0.1) is 5.52 Å². The molecule has 0 aliphatic heterocycles. The first-order valence-electron chi connectivity index (χ1n) is 8.15. The topological polar surface area (TPSA) is 55.1 Å². The second-order valence-corrected chi connectivity index (χ2v) is 6.36. The third-order valence-corrected chi connectivity index (χ3v) is 4.68. The van der Waals surface area contributed by atoms with E-state index in [9.17, 15) is 0 Å². The van der Waals surface area contributed by atoms with Crippen molar-refractivity contribution < 1.29 is 0 Å². The maximum absolute atomic E-state index is 4.22. The molecule has 3 aromatic rings. The van der Waals surface area contributed by atoms with Gasteiger partial charge in [-0.05, 0) is 48.4 Å². The highest BCUT2D eigenvalue weighted by Gasteiger charge is 2.15. The van der Waals surface area contributed by atoms with E-state index < -0.39 is 0 Å². The highest BCUT2D eigenvalue weighted by Crippen LogP contribution is 2.22. The second-order valence-electron chi connectivity index (χ2n) is 6.36. The van der Waals surface area contributed by atoms with Crippen molar-refractivity contribution in [2.24, 2.45) is 0 Å². The molecule has 2 aromatic heterocycles. The number of nitrogens with zero attached hydrogens (tertiary/aromatic N) is 4. The Morgan fingerprint density at radius 3 is 2.91 bits per heavy atom. The predicted octanol–water partition coefficient (Wildman–Crippen LogP) is 3.01. The van der Waals surface area contributed by atoms with Gasteiger partial charge in [-0.3, -0.25) is 0 Å². The number of hydrogen-bond acceptors (Lipinski definition) is 4. The quantitative estimate of drug-likeness (QED) is 0.807. The van der Waals surface area contributed by atoms with Crippen molar-refractivity contribution in [1.82, 2.24) is 25.4 Å². The van der Waals surface area contributed by atoms with Crippen LogP contribution in [0.25, 0.3) is 16.6 Å². The van der Waals surface area contributed by atoms with Crippen LogP contribution in [0.2, 0.25) is 0 Å². The molecule has 0 bridgehead atoms. The van der Waals surface area contributed by atoms with Crippen molar-refractivity contribution in [2.45, 2.75) is 51.6 Å². The van der Waals surface area contributed by atoms with Crippen LogP contribution in [-0.2, 0) is 6.54 Å². The Morgan fingerprint density at radius 2 is 2.05 bits per heavy atom. The maximum atomic E-state index is 4.22. The minimum Gasteiger partial charge on any atom is -0.310 e. The Hall–Kier alpha value is -2.01. The summed E-state index contributed by atoms with van der Waals surface area (Å²) in [6.07, 6.45) is 6.64. The normalized spacial score (nSPS) is 16.6. The maximum Gasteiger partial charge on any atom is 0.184 e. The first-order valence-corrected chi connectivity index (χ1v) is 8.15. The first-order chi connectivity index (χ1) is 10.8. The Balaban J connectivity index is 1.70. The Morgan fingerprint density at radius 1 is 1.18 bits per heavy atom. The Kier molecular flexibility index (Phi) is 3.50. The van der Waals surface area contributed by atoms with Crippen LogP contribution in [0.5, 0.6) is 0 Å². The van der Waals surface area contributed by atoms with Crippen LogP contribution in [0.15, 0.2) is 24.3 Å². The summed E-state index contributed by atoms with van der Waals surface area (Å²) in [4.78, 5) is 0. The molecule has 0 unspecified atom stereocenters. The predicted molar refractivity (Wildman–Crippen MR) is 86.7 cm³/mol. The van der Waals surface area contributed by atoms with Crippen LogP contribution in [-0.4, -0.2) is 26.1 Å². The molecule has 0 radical (unpaired) electrons. The fourth-order valence-corrected chi connectivity index (χ4v) is 3.48. The summed E-state index contributed by atoms with van der Waals surface area (Å²) in [6, 6.07) is 9.25. The van der Waals surface area contributed by atoms with Crippen LogP contribution >= 0.6 is 0 Å². The van der Waals surface area contributed by atoms with Gasteiger partial charge in [0.25, 0.3) is 0 Å². The highest BCUT2D eigenvalue weighted by atomic mass is 15.5. The number of aromatic nitrogens is 4. The van der Waals surface area contributed by atoms with E-state index in [1.165, 1.54) is 48.6 Å². The zero-order valence-electron chi connectivity index (χ0n) is 12.9. The molecule has 1 aliphatic rings. The van der Waals surface area contributed by atoms with Gasteiger partial charge in [0.1, 0.15) is 0 Å². The second kappa shape index (κ2) is 5.65. The number of fused-ring (bicyclic) bond motifs is 3. The van der Waals surface area contributed by atoms with Gasteiger partial charge >= 0.3 is 0 Å². The molecule has 0 amide bonds. The van der Waals surface area contributed by atoms with E-state index >= 15 is 0 Å². The lowest BCUT2D eigenvalue weighted by molar-refractivity contribution is 0.372. The van der Waals surface area contributed by atoms with Crippen molar-refractivity contribution in [3.63, 3.8) is 0 Å². The molecule has 0 saturated heterocycles. The molecule has 1 aliphatic carbocycles. The zero-order chi connectivity index (χ0) is 14.9. The molecule has 1 saturated carbocycles. The Bertz CT molecular complexity index is 801. The molecular weight excluding hydrogens is 274 g/mol. The molecule has 2 heterocycles. The van der Waals surface area contributed by atoms with Crippen molar-refractivity contribution in [1.29, 1.82) is 0 Å². The van der Waals surface area contributed by atoms with E-state index in [0.717, 1.165) is 17.7 Å². The fourth-order valence-electron chi connectivity index (χ4n) is 3.48. The number of tetrazole rings is 1. The number of aryl methyl sites for hydroxylation is 1. The number of pyridine rings is 1. The Labute approximate surface area is 129 Å². The molecule has 114 valence electrons. The van der Waals surface area contributed by atoms with Crippen molar-refractivity contribution >= 4 is 16.6 Å². The minimum atomic E-state index is 0.637. The summed E-state index contributed by atoms with van der Waals surface area (Å²) < 4.78 is 1.85. The molecule has 1 aromatic carbocycles. The van der Waals surface area contributed by atoms with Crippen LogP contribution in [0.3, 0.4) is 0 Å². The smallest absolute Gasteiger partial charge is 0.184 e. The van der Waals surface area contributed by atoms with E-state index in [1.54, 1.807) is 0 Å². The van der Waals surface area contributed by atoms with E-state index in [-0.39, 0.29) is 0 Å². The molecule has 5 nitrogen and oxygen atoms in total. The molecular formula is C17H21N5. The standard InChI is InChI=1S/C17H21N5/c1-12-7-8-16-13(9-12)10-14(17-19-20-21-22(16)17)11-18-15-5-3-2-4-6-15/h7-10,15,18H,2-6,11H2,1H3. The number of hydrogen-bond donors (Lipinski definition) is 1.